The highest BCUT2D eigenvalue weighted by atomic mass is 16.5. The lowest BCUT2D eigenvalue weighted by atomic mass is 9.93. The largest absolute Gasteiger partial charge is 0.462 e. The summed E-state index contributed by atoms with van der Waals surface area (Å²) in [5, 5.41) is 20.1. The predicted octanol–water partition coefficient (Wildman–Crippen LogP) is 1.30. The average molecular weight is 310 g/mol. The van der Waals surface area contributed by atoms with Crippen molar-refractivity contribution in [2.24, 2.45) is 5.92 Å². The summed E-state index contributed by atoms with van der Waals surface area (Å²) in [5.74, 6) is -1.27. The monoisotopic (exact) mass is 310 g/mol. The van der Waals surface area contributed by atoms with Gasteiger partial charge in [-0.2, -0.15) is 0 Å². The summed E-state index contributed by atoms with van der Waals surface area (Å²) in [5.41, 5.74) is -0.838. The van der Waals surface area contributed by atoms with Gasteiger partial charge in [0, 0.05) is 12.5 Å². The van der Waals surface area contributed by atoms with Crippen LogP contribution in [0.1, 0.15) is 31.9 Å². The molecule has 1 atom stereocenters. The van der Waals surface area contributed by atoms with Crippen molar-refractivity contribution in [3.63, 3.8) is 0 Å². The van der Waals surface area contributed by atoms with Crippen LogP contribution in [0, 0.1) is 12.8 Å². The zero-order valence-electron chi connectivity index (χ0n) is 13.3. The Labute approximate surface area is 129 Å². The lowest BCUT2D eigenvalue weighted by Crippen LogP contribution is -2.37. The molecule has 0 bridgehead atoms. The molecule has 22 heavy (non-hydrogen) atoms. The number of hydrogen-bond donors (Lipinski definition) is 2. The summed E-state index contributed by atoms with van der Waals surface area (Å²) in [6, 6.07) is 4.81. The van der Waals surface area contributed by atoms with Crippen LogP contribution in [0.2, 0.25) is 0 Å². The first-order valence-corrected chi connectivity index (χ1v) is 6.99. The smallest absolute Gasteiger partial charge is 0.308 e. The molecule has 0 saturated heterocycles. The zero-order valence-corrected chi connectivity index (χ0v) is 13.3. The van der Waals surface area contributed by atoms with Crippen molar-refractivity contribution in [3.8, 4) is 5.75 Å². The average Bonchev–Trinajstić information content (AvgIpc) is 2.43. The first kappa shape index (κ1) is 18.1. The van der Waals surface area contributed by atoms with Gasteiger partial charge in [0.1, 0.15) is 12.4 Å². The van der Waals surface area contributed by atoms with E-state index < -0.39 is 30.8 Å². The molecule has 122 valence electrons. The lowest BCUT2D eigenvalue weighted by Gasteiger charge is -2.28. The highest BCUT2D eigenvalue weighted by molar-refractivity contribution is 5.72. The Morgan fingerprint density at radius 3 is 2.45 bits per heavy atom. The van der Waals surface area contributed by atoms with E-state index in [1.807, 2.05) is 0 Å². The van der Waals surface area contributed by atoms with Crippen molar-refractivity contribution in [3.05, 3.63) is 29.3 Å². The van der Waals surface area contributed by atoms with Gasteiger partial charge >= 0.3 is 11.9 Å². The van der Waals surface area contributed by atoms with Crippen LogP contribution in [-0.2, 0) is 19.9 Å². The number of hydrogen-bond acceptors (Lipinski definition) is 6. The lowest BCUT2D eigenvalue weighted by molar-refractivity contribution is -0.159. The molecule has 1 aromatic carbocycles. The molecule has 0 aliphatic heterocycles. The number of aliphatic hydroxyl groups excluding tert-OH is 1. The topological polar surface area (TPSA) is 93.1 Å². The third kappa shape index (κ3) is 4.54. The molecular formula is C16H22O6. The summed E-state index contributed by atoms with van der Waals surface area (Å²) in [6.07, 6.45) is 0. The Kier molecular flexibility index (Phi) is 6.08. The first-order chi connectivity index (χ1) is 10.2. The molecule has 0 aliphatic rings. The standard InChI is InChI=1S/C16H22O6/c1-10(2)15(19)21-9-16(20,8-17)13-6-5-11(3)7-14(13)22-12(4)18/h5-7,10,17,20H,8-9H2,1-4H3. The minimum atomic E-state index is -1.84. The van der Waals surface area contributed by atoms with E-state index in [1.165, 1.54) is 13.0 Å². The molecule has 2 N–H and O–H groups in total. The van der Waals surface area contributed by atoms with Crippen LogP contribution in [0.15, 0.2) is 18.2 Å². The molecule has 1 unspecified atom stereocenters. The highest BCUT2D eigenvalue weighted by Gasteiger charge is 2.34. The molecule has 1 aromatic rings. The minimum absolute atomic E-state index is 0.129. The molecule has 0 aliphatic carbocycles. The third-order valence-electron chi connectivity index (χ3n) is 3.08. The van der Waals surface area contributed by atoms with E-state index >= 15 is 0 Å². The van der Waals surface area contributed by atoms with Crippen LogP contribution in [-0.4, -0.2) is 35.4 Å². The van der Waals surface area contributed by atoms with Crippen LogP contribution in [0.4, 0.5) is 0 Å². The molecule has 0 aromatic heterocycles. The number of aliphatic hydroxyl groups is 2. The van der Waals surface area contributed by atoms with Gasteiger partial charge < -0.3 is 19.7 Å². The zero-order chi connectivity index (χ0) is 16.9. The summed E-state index contributed by atoms with van der Waals surface area (Å²) in [6.45, 7) is 5.25. The van der Waals surface area contributed by atoms with Gasteiger partial charge in [-0.05, 0) is 18.6 Å². The maximum atomic E-state index is 11.6. The van der Waals surface area contributed by atoms with Crippen LogP contribution in [0.25, 0.3) is 0 Å². The van der Waals surface area contributed by atoms with E-state index in [0.717, 1.165) is 5.56 Å². The molecule has 0 radical (unpaired) electrons. The quantitative estimate of drug-likeness (QED) is 0.608. The van der Waals surface area contributed by atoms with Crippen LogP contribution in [0.3, 0.4) is 0 Å². The van der Waals surface area contributed by atoms with E-state index in [2.05, 4.69) is 0 Å². The van der Waals surface area contributed by atoms with E-state index in [9.17, 15) is 19.8 Å². The fourth-order valence-electron chi connectivity index (χ4n) is 1.82. The predicted molar refractivity (Wildman–Crippen MR) is 79.3 cm³/mol. The van der Waals surface area contributed by atoms with Gasteiger partial charge in [-0.15, -0.1) is 0 Å². The minimum Gasteiger partial charge on any atom is -0.462 e. The summed E-state index contributed by atoms with van der Waals surface area (Å²) < 4.78 is 10.1. The second-order valence-corrected chi connectivity index (χ2v) is 5.55. The Bertz CT molecular complexity index is 552. The maximum absolute atomic E-state index is 11.6. The number of carbonyl (C=O) groups excluding carboxylic acids is 2. The third-order valence-corrected chi connectivity index (χ3v) is 3.08. The van der Waals surface area contributed by atoms with Gasteiger partial charge in [-0.25, -0.2) is 0 Å². The van der Waals surface area contributed by atoms with E-state index in [-0.39, 0.29) is 17.2 Å². The molecule has 0 heterocycles. The Morgan fingerprint density at radius 2 is 1.95 bits per heavy atom. The Hall–Kier alpha value is -1.92. The molecule has 0 fully saturated rings. The molecule has 0 spiro atoms. The summed E-state index contributed by atoms with van der Waals surface area (Å²) >= 11 is 0. The Balaban J connectivity index is 3.11. The number of aryl methyl sites for hydroxylation is 1. The van der Waals surface area contributed by atoms with E-state index in [1.54, 1.807) is 32.9 Å². The van der Waals surface area contributed by atoms with Crippen molar-refractivity contribution < 1.29 is 29.3 Å². The van der Waals surface area contributed by atoms with Crippen LogP contribution in [0.5, 0.6) is 5.75 Å². The Morgan fingerprint density at radius 1 is 1.32 bits per heavy atom. The molecule has 1 rings (SSSR count). The number of carbonyl (C=O) groups is 2. The van der Waals surface area contributed by atoms with Gasteiger partial charge in [0.25, 0.3) is 0 Å². The maximum Gasteiger partial charge on any atom is 0.308 e. The summed E-state index contributed by atoms with van der Waals surface area (Å²) in [4.78, 5) is 22.7. The van der Waals surface area contributed by atoms with Gasteiger partial charge in [-0.3, -0.25) is 9.59 Å². The number of benzene rings is 1. The van der Waals surface area contributed by atoms with Crippen molar-refractivity contribution in [1.29, 1.82) is 0 Å². The second-order valence-electron chi connectivity index (χ2n) is 5.55. The number of ether oxygens (including phenoxy) is 2. The fourth-order valence-corrected chi connectivity index (χ4v) is 1.82. The summed E-state index contributed by atoms with van der Waals surface area (Å²) in [7, 11) is 0. The van der Waals surface area contributed by atoms with Crippen LogP contribution >= 0.6 is 0 Å². The fraction of sp³-hybridized carbons (Fsp3) is 0.500. The van der Waals surface area contributed by atoms with Gasteiger partial charge in [0.2, 0.25) is 0 Å². The van der Waals surface area contributed by atoms with Crippen molar-refractivity contribution in [2.45, 2.75) is 33.3 Å². The van der Waals surface area contributed by atoms with Gasteiger partial charge in [0.05, 0.1) is 12.5 Å². The van der Waals surface area contributed by atoms with Crippen LogP contribution < -0.4 is 4.74 Å². The molecular weight excluding hydrogens is 288 g/mol. The molecule has 0 saturated carbocycles. The SMILES string of the molecule is CC(=O)Oc1cc(C)ccc1C(O)(CO)COC(=O)C(C)C. The van der Waals surface area contributed by atoms with E-state index in [0.29, 0.717) is 0 Å². The number of esters is 2. The second kappa shape index (κ2) is 7.38. The van der Waals surface area contributed by atoms with E-state index in [4.69, 9.17) is 9.47 Å². The van der Waals surface area contributed by atoms with Crippen molar-refractivity contribution in [1.82, 2.24) is 0 Å². The van der Waals surface area contributed by atoms with Crippen molar-refractivity contribution in [2.75, 3.05) is 13.2 Å². The normalized spacial score (nSPS) is 13.6. The van der Waals surface area contributed by atoms with Crippen molar-refractivity contribution >= 4 is 11.9 Å². The molecule has 6 nitrogen and oxygen atoms in total. The van der Waals surface area contributed by atoms with Gasteiger partial charge in [0.15, 0.2) is 5.60 Å². The highest BCUT2D eigenvalue weighted by Crippen LogP contribution is 2.31. The molecule has 6 heteroatoms. The first-order valence-electron chi connectivity index (χ1n) is 6.99. The number of rotatable bonds is 6. The molecule has 0 amide bonds. The van der Waals surface area contributed by atoms with Gasteiger partial charge in [-0.1, -0.05) is 26.0 Å².